The Bertz CT molecular complexity index is 691. The molecule has 0 spiro atoms. The van der Waals surface area contributed by atoms with E-state index >= 15 is 0 Å². The van der Waals surface area contributed by atoms with Crippen LogP contribution in [0.4, 0.5) is 5.82 Å². The lowest BCUT2D eigenvalue weighted by atomic mass is 10.1. The van der Waals surface area contributed by atoms with Crippen molar-refractivity contribution in [1.82, 2.24) is 14.8 Å². The SMILES string of the molecule is Cc1[nH]c2ccccc2c1-c1cn(C)nc1N. The van der Waals surface area contributed by atoms with Gasteiger partial charge in [0.05, 0.1) is 0 Å². The van der Waals surface area contributed by atoms with Crippen LogP contribution in [0, 0.1) is 6.92 Å². The summed E-state index contributed by atoms with van der Waals surface area (Å²) in [7, 11) is 1.88. The van der Waals surface area contributed by atoms with Crippen molar-refractivity contribution in [3.8, 4) is 11.1 Å². The molecule has 3 aromatic rings. The molecular formula is C13H14N4. The molecule has 0 bridgehead atoms. The molecule has 0 amide bonds. The molecule has 2 aromatic heterocycles. The summed E-state index contributed by atoms with van der Waals surface area (Å²) in [6.45, 7) is 2.06. The zero-order valence-corrected chi connectivity index (χ0v) is 9.86. The zero-order chi connectivity index (χ0) is 12.0. The quantitative estimate of drug-likeness (QED) is 0.669. The third-order valence-electron chi connectivity index (χ3n) is 3.02. The largest absolute Gasteiger partial charge is 0.382 e. The maximum Gasteiger partial charge on any atom is 0.153 e. The average Bonchev–Trinajstić information content (AvgIpc) is 2.77. The second-order valence-electron chi connectivity index (χ2n) is 4.27. The Balaban J connectivity index is 2.37. The van der Waals surface area contributed by atoms with E-state index in [0.717, 1.165) is 22.3 Å². The van der Waals surface area contributed by atoms with Gasteiger partial charge in [0.25, 0.3) is 0 Å². The Morgan fingerprint density at radius 1 is 1.29 bits per heavy atom. The van der Waals surface area contributed by atoms with E-state index in [0.29, 0.717) is 5.82 Å². The van der Waals surface area contributed by atoms with Crippen LogP contribution in [0.1, 0.15) is 5.69 Å². The number of aromatic amines is 1. The minimum atomic E-state index is 0.570. The van der Waals surface area contributed by atoms with Gasteiger partial charge in [-0.25, -0.2) is 0 Å². The molecule has 3 N–H and O–H groups in total. The van der Waals surface area contributed by atoms with Gasteiger partial charge in [-0.2, -0.15) is 5.10 Å². The summed E-state index contributed by atoms with van der Waals surface area (Å²) in [5.74, 6) is 0.570. The van der Waals surface area contributed by atoms with E-state index in [4.69, 9.17) is 5.73 Å². The minimum absolute atomic E-state index is 0.570. The van der Waals surface area contributed by atoms with E-state index in [-0.39, 0.29) is 0 Å². The monoisotopic (exact) mass is 226 g/mol. The third kappa shape index (κ3) is 1.41. The fraction of sp³-hybridized carbons (Fsp3) is 0.154. The molecule has 0 saturated heterocycles. The fourth-order valence-electron chi connectivity index (χ4n) is 2.32. The first-order chi connectivity index (χ1) is 8.16. The summed E-state index contributed by atoms with van der Waals surface area (Å²) >= 11 is 0. The highest BCUT2D eigenvalue weighted by atomic mass is 15.3. The van der Waals surface area contributed by atoms with Gasteiger partial charge in [-0.15, -0.1) is 0 Å². The summed E-state index contributed by atoms with van der Waals surface area (Å²) < 4.78 is 1.74. The first kappa shape index (κ1) is 9.96. The Morgan fingerprint density at radius 2 is 2.06 bits per heavy atom. The molecular weight excluding hydrogens is 212 g/mol. The van der Waals surface area contributed by atoms with Gasteiger partial charge in [-0.3, -0.25) is 4.68 Å². The molecule has 0 aliphatic rings. The number of anilines is 1. The van der Waals surface area contributed by atoms with Crippen molar-refractivity contribution < 1.29 is 0 Å². The van der Waals surface area contributed by atoms with Crippen LogP contribution in [0.3, 0.4) is 0 Å². The van der Waals surface area contributed by atoms with Crippen LogP contribution in [0.15, 0.2) is 30.5 Å². The van der Waals surface area contributed by atoms with Crippen LogP contribution in [0.5, 0.6) is 0 Å². The minimum Gasteiger partial charge on any atom is -0.382 e. The number of nitrogens with two attached hydrogens (primary N) is 1. The Morgan fingerprint density at radius 3 is 2.76 bits per heavy atom. The number of fused-ring (bicyclic) bond motifs is 1. The number of hydrogen-bond acceptors (Lipinski definition) is 2. The van der Waals surface area contributed by atoms with Crippen LogP contribution in [0.2, 0.25) is 0 Å². The molecule has 0 saturated carbocycles. The van der Waals surface area contributed by atoms with E-state index in [9.17, 15) is 0 Å². The number of aromatic nitrogens is 3. The number of benzene rings is 1. The lowest BCUT2D eigenvalue weighted by Gasteiger charge is -1.98. The predicted molar refractivity (Wildman–Crippen MR) is 69.7 cm³/mol. The summed E-state index contributed by atoms with van der Waals surface area (Å²) in [5, 5.41) is 5.38. The normalized spacial score (nSPS) is 11.2. The van der Waals surface area contributed by atoms with Crippen molar-refractivity contribution in [2.24, 2.45) is 7.05 Å². The predicted octanol–water partition coefficient (Wildman–Crippen LogP) is 2.46. The first-order valence-electron chi connectivity index (χ1n) is 5.53. The van der Waals surface area contributed by atoms with Crippen LogP contribution in [0.25, 0.3) is 22.0 Å². The molecule has 0 unspecified atom stereocenters. The summed E-state index contributed by atoms with van der Waals surface area (Å²) in [5.41, 5.74) is 10.3. The van der Waals surface area contributed by atoms with Crippen LogP contribution >= 0.6 is 0 Å². The number of para-hydroxylation sites is 1. The molecule has 2 heterocycles. The van der Waals surface area contributed by atoms with Crippen LogP contribution in [-0.4, -0.2) is 14.8 Å². The summed E-state index contributed by atoms with van der Waals surface area (Å²) in [6, 6.07) is 8.22. The molecule has 4 heteroatoms. The summed E-state index contributed by atoms with van der Waals surface area (Å²) in [6.07, 6.45) is 1.96. The maximum atomic E-state index is 5.95. The zero-order valence-electron chi connectivity index (χ0n) is 9.86. The molecule has 86 valence electrons. The van der Waals surface area contributed by atoms with E-state index < -0.39 is 0 Å². The van der Waals surface area contributed by atoms with Crippen molar-refractivity contribution in [1.29, 1.82) is 0 Å². The van der Waals surface area contributed by atoms with Crippen molar-refractivity contribution in [2.75, 3.05) is 5.73 Å². The van der Waals surface area contributed by atoms with Gasteiger partial charge < -0.3 is 10.7 Å². The van der Waals surface area contributed by atoms with E-state index in [1.807, 2.05) is 25.4 Å². The van der Waals surface area contributed by atoms with Gasteiger partial charge >= 0.3 is 0 Å². The lowest BCUT2D eigenvalue weighted by molar-refractivity contribution is 0.772. The second-order valence-corrected chi connectivity index (χ2v) is 4.27. The van der Waals surface area contributed by atoms with Gasteiger partial charge in [-0.1, -0.05) is 18.2 Å². The van der Waals surface area contributed by atoms with Gasteiger partial charge in [0.15, 0.2) is 5.82 Å². The Labute approximate surface area is 99.1 Å². The topological polar surface area (TPSA) is 59.6 Å². The number of rotatable bonds is 1. The smallest absolute Gasteiger partial charge is 0.153 e. The van der Waals surface area contributed by atoms with Crippen molar-refractivity contribution in [2.45, 2.75) is 6.92 Å². The Hall–Kier alpha value is -2.23. The highest BCUT2D eigenvalue weighted by Gasteiger charge is 2.14. The third-order valence-corrected chi connectivity index (χ3v) is 3.02. The summed E-state index contributed by atoms with van der Waals surface area (Å²) in [4.78, 5) is 3.37. The number of nitrogen functional groups attached to an aromatic ring is 1. The molecule has 17 heavy (non-hydrogen) atoms. The van der Waals surface area contributed by atoms with Crippen LogP contribution < -0.4 is 5.73 Å². The number of nitrogens with one attached hydrogen (secondary N) is 1. The van der Waals surface area contributed by atoms with E-state index in [1.54, 1.807) is 4.68 Å². The molecule has 1 aromatic carbocycles. The van der Waals surface area contributed by atoms with E-state index in [2.05, 4.69) is 29.1 Å². The van der Waals surface area contributed by atoms with Crippen LogP contribution in [-0.2, 0) is 7.05 Å². The molecule has 0 atom stereocenters. The van der Waals surface area contributed by atoms with Crippen molar-refractivity contribution >= 4 is 16.7 Å². The average molecular weight is 226 g/mol. The lowest BCUT2D eigenvalue weighted by Crippen LogP contribution is -1.91. The fourth-order valence-corrected chi connectivity index (χ4v) is 2.32. The maximum absolute atomic E-state index is 5.95. The molecule has 0 radical (unpaired) electrons. The van der Waals surface area contributed by atoms with Gasteiger partial charge in [0.1, 0.15) is 0 Å². The number of hydrogen-bond donors (Lipinski definition) is 2. The molecule has 3 rings (SSSR count). The van der Waals surface area contributed by atoms with Gasteiger partial charge in [-0.05, 0) is 13.0 Å². The van der Waals surface area contributed by atoms with Crippen molar-refractivity contribution in [3.63, 3.8) is 0 Å². The standard InChI is InChI=1S/C13H14N4/c1-8-12(10-7-17(2)16-13(10)14)9-5-3-4-6-11(9)15-8/h3-7,15H,1-2H3,(H2,14,16). The van der Waals surface area contributed by atoms with Gasteiger partial charge in [0, 0.05) is 41.0 Å². The second kappa shape index (κ2) is 3.38. The number of aryl methyl sites for hydroxylation is 2. The first-order valence-corrected chi connectivity index (χ1v) is 5.53. The molecule has 0 aliphatic carbocycles. The molecule has 0 fully saturated rings. The Kier molecular flexibility index (Phi) is 1.98. The van der Waals surface area contributed by atoms with Crippen molar-refractivity contribution in [3.05, 3.63) is 36.2 Å². The molecule has 4 nitrogen and oxygen atoms in total. The van der Waals surface area contributed by atoms with Gasteiger partial charge in [0.2, 0.25) is 0 Å². The molecule has 0 aliphatic heterocycles. The number of H-pyrrole nitrogens is 1. The number of nitrogens with zero attached hydrogens (tertiary/aromatic N) is 2. The highest BCUT2D eigenvalue weighted by Crippen LogP contribution is 2.34. The highest BCUT2D eigenvalue weighted by molar-refractivity contribution is 5.99. The van der Waals surface area contributed by atoms with E-state index in [1.165, 1.54) is 5.39 Å².